The molecule has 3 rings (SSSR count). The van der Waals surface area contributed by atoms with Crippen molar-refractivity contribution in [1.29, 1.82) is 0 Å². The first-order chi connectivity index (χ1) is 14.2. The minimum absolute atomic E-state index is 0. The van der Waals surface area contributed by atoms with Crippen LogP contribution in [-0.4, -0.2) is 80.3 Å². The van der Waals surface area contributed by atoms with Gasteiger partial charge in [0, 0.05) is 32.7 Å². The van der Waals surface area contributed by atoms with Crippen molar-refractivity contribution < 1.29 is 9.15 Å². The first kappa shape index (κ1) is 25.4. The standard InChI is InChI=1S/C22H39N5O2.HI/c1-4-23-22(24-10-8-11-26-16-18(2)29-19(3)17-26)25-15-20(21-9-7-14-28-21)27-12-5-6-13-27;/h7,9,14,18-20H,4-6,8,10-13,15-17H2,1-3H3,(H2,23,24,25);1H. The highest BCUT2D eigenvalue weighted by Gasteiger charge is 2.25. The number of morpholine rings is 1. The van der Waals surface area contributed by atoms with Crippen molar-refractivity contribution in [1.82, 2.24) is 20.4 Å². The molecule has 0 amide bonds. The van der Waals surface area contributed by atoms with E-state index in [-0.39, 0.29) is 30.0 Å². The molecule has 2 aliphatic rings. The lowest BCUT2D eigenvalue weighted by molar-refractivity contribution is -0.0679. The van der Waals surface area contributed by atoms with Gasteiger partial charge in [-0.05, 0) is 65.3 Å². The molecule has 1 aromatic rings. The van der Waals surface area contributed by atoms with E-state index in [2.05, 4.69) is 47.3 Å². The number of hydrogen-bond acceptors (Lipinski definition) is 5. The fourth-order valence-corrected chi connectivity index (χ4v) is 4.42. The van der Waals surface area contributed by atoms with Gasteiger partial charge in [0.25, 0.3) is 0 Å². The van der Waals surface area contributed by atoms with E-state index in [1.807, 2.05) is 6.07 Å². The number of guanidine groups is 1. The normalized spacial score (nSPS) is 24.4. The summed E-state index contributed by atoms with van der Waals surface area (Å²) in [5.74, 6) is 1.91. The molecule has 2 N–H and O–H groups in total. The summed E-state index contributed by atoms with van der Waals surface area (Å²) >= 11 is 0. The van der Waals surface area contributed by atoms with Gasteiger partial charge in [-0.1, -0.05) is 0 Å². The summed E-state index contributed by atoms with van der Waals surface area (Å²) in [6.45, 7) is 14.3. The maximum atomic E-state index is 5.82. The van der Waals surface area contributed by atoms with Gasteiger partial charge in [-0.3, -0.25) is 14.8 Å². The first-order valence-electron chi connectivity index (χ1n) is 11.3. The van der Waals surface area contributed by atoms with Gasteiger partial charge in [0.2, 0.25) is 0 Å². The average Bonchev–Trinajstić information content (AvgIpc) is 3.39. The minimum atomic E-state index is 0. The second-order valence-corrected chi connectivity index (χ2v) is 8.29. The smallest absolute Gasteiger partial charge is 0.191 e. The minimum Gasteiger partial charge on any atom is -0.468 e. The highest BCUT2D eigenvalue weighted by atomic mass is 127. The molecule has 3 heterocycles. The molecule has 0 radical (unpaired) electrons. The predicted octanol–water partition coefficient (Wildman–Crippen LogP) is 3.09. The van der Waals surface area contributed by atoms with Crippen LogP contribution in [0.25, 0.3) is 0 Å². The van der Waals surface area contributed by atoms with Gasteiger partial charge < -0.3 is 19.8 Å². The van der Waals surface area contributed by atoms with Gasteiger partial charge >= 0.3 is 0 Å². The van der Waals surface area contributed by atoms with Crippen molar-refractivity contribution in [2.24, 2.45) is 4.99 Å². The Bertz CT molecular complexity index is 597. The molecule has 0 saturated carbocycles. The maximum Gasteiger partial charge on any atom is 0.191 e. The van der Waals surface area contributed by atoms with E-state index in [1.165, 1.54) is 12.8 Å². The number of furan rings is 1. The third-order valence-corrected chi connectivity index (χ3v) is 5.66. The van der Waals surface area contributed by atoms with Crippen molar-refractivity contribution in [3.8, 4) is 0 Å². The van der Waals surface area contributed by atoms with Crippen LogP contribution in [-0.2, 0) is 4.74 Å². The van der Waals surface area contributed by atoms with E-state index in [9.17, 15) is 0 Å². The van der Waals surface area contributed by atoms with E-state index in [1.54, 1.807) is 6.26 Å². The van der Waals surface area contributed by atoms with E-state index in [4.69, 9.17) is 14.1 Å². The van der Waals surface area contributed by atoms with Gasteiger partial charge in [-0.15, -0.1) is 24.0 Å². The molecule has 30 heavy (non-hydrogen) atoms. The number of likely N-dealkylation sites (tertiary alicyclic amines) is 1. The average molecular weight is 533 g/mol. The van der Waals surface area contributed by atoms with E-state index in [0.29, 0.717) is 18.8 Å². The summed E-state index contributed by atoms with van der Waals surface area (Å²) in [6.07, 6.45) is 6.04. The molecule has 8 heteroatoms. The number of nitrogens with zero attached hydrogens (tertiary/aromatic N) is 3. The molecule has 0 aliphatic carbocycles. The third-order valence-electron chi connectivity index (χ3n) is 5.66. The van der Waals surface area contributed by atoms with Crippen LogP contribution in [0, 0.1) is 0 Å². The predicted molar refractivity (Wildman–Crippen MR) is 133 cm³/mol. The molecule has 3 atom stereocenters. The van der Waals surface area contributed by atoms with Crippen LogP contribution >= 0.6 is 24.0 Å². The number of aliphatic imine (C=N–C) groups is 1. The summed E-state index contributed by atoms with van der Waals surface area (Å²) in [5.41, 5.74) is 0. The number of rotatable bonds is 9. The van der Waals surface area contributed by atoms with Crippen LogP contribution < -0.4 is 10.6 Å². The Kier molecular flexibility index (Phi) is 11.5. The molecule has 0 aromatic carbocycles. The lowest BCUT2D eigenvalue weighted by Gasteiger charge is -2.35. The van der Waals surface area contributed by atoms with Gasteiger partial charge in [-0.2, -0.15) is 0 Å². The van der Waals surface area contributed by atoms with Crippen molar-refractivity contribution in [2.75, 3.05) is 52.4 Å². The molecule has 2 aliphatic heterocycles. The molecule has 0 spiro atoms. The van der Waals surface area contributed by atoms with Crippen LogP contribution in [0.3, 0.4) is 0 Å². The third kappa shape index (κ3) is 8.01. The topological polar surface area (TPSA) is 65.3 Å². The molecule has 172 valence electrons. The Morgan fingerprint density at radius 1 is 1.20 bits per heavy atom. The maximum absolute atomic E-state index is 5.82. The number of halogens is 1. The summed E-state index contributed by atoms with van der Waals surface area (Å²) in [4.78, 5) is 9.88. The van der Waals surface area contributed by atoms with Crippen LogP contribution in [0.1, 0.15) is 51.8 Å². The van der Waals surface area contributed by atoms with Crippen molar-refractivity contribution >= 4 is 29.9 Å². The number of nitrogens with one attached hydrogen (secondary N) is 2. The van der Waals surface area contributed by atoms with Crippen LogP contribution in [0.4, 0.5) is 0 Å². The lowest BCUT2D eigenvalue weighted by Crippen LogP contribution is -2.46. The lowest BCUT2D eigenvalue weighted by atomic mass is 10.2. The van der Waals surface area contributed by atoms with Gasteiger partial charge in [-0.25, -0.2) is 0 Å². The van der Waals surface area contributed by atoms with E-state index in [0.717, 1.165) is 64.0 Å². The molecule has 2 fully saturated rings. The molecular formula is C22H40IN5O2. The van der Waals surface area contributed by atoms with Gasteiger partial charge in [0.1, 0.15) is 5.76 Å². The van der Waals surface area contributed by atoms with E-state index < -0.39 is 0 Å². The fourth-order valence-electron chi connectivity index (χ4n) is 4.42. The quantitative estimate of drug-likeness (QED) is 0.220. The fraction of sp³-hybridized carbons (Fsp3) is 0.773. The Hall–Kier alpha value is -0.840. The summed E-state index contributed by atoms with van der Waals surface area (Å²) in [6, 6.07) is 4.27. The molecule has 7 nitrogen and oxygen atoms in total. The first-order valence-corrected chi connectivity index (χ1v) is 11.3. The zero-order valence-corrected chi connectivity index (χ0v) is 21.1. The van der Waals surface area contributed by atoms with Crippen molar-refractivity contribution in [3.63, 3.8) is 0 Å². The summed E-state index contributed by atoms with van der Waals surface area (Å²) in [7, 11) is 0. The number of hydrogen-bond donors (Lipinski definition) is 2. The van der Waals surface area contributed by atoms with E-state index >= 15 is 0 Å². The molecule has 3 unspecified atom stereocenters. The second kappa shape index (κ2) is 13.5. The van der Waals surface area contributed by atoms with Gasteiger partial charge in [0.05, 0.1) is 31.1 Å². The largest absolute Gasteiger partial charge is 0.468 e. The Balaban J connectivity index is 0.00000320. The molecular weight excluding hydrogens is 493 g/mol. The Labute approximate surface area is 199 Å². The highest BCUT2D eigenvalue weighted by molar-refractivity contribution is 14.0. The summed E-state index contributed by atoms with van der Waals surface area (Å²) in [5, 5.41) is 6.89. The van der Waals surface area contributed by atoms with Crippen molar-refractivity contribution in [2.45, 2.75) is 58.3 Å². The molecule has 1 aromatic heterocycles. The zero-order chi connectivity index (χ0) is 20.5. The monoisotopic (exact) mass is 533 g/mol. The molecule has 2 saturated heterocycles. The second-order valence-electron chi connectivity index (χ2n) is 8.29. The van der Waals surface area contributed by atoms with Crippen LogP contribution in [0.2, 0.25) is 0 Å². The van der Waals surface area contributed by atoms with Crippen LogP contribution in [0.5, 0.6) is 0 Å². The Morgan fingerprint density at radius 2 is 1.93 bits per heavy atom. The highest BCUT2D eigenvalue weighted by Crippen LogP contribution is 2.25. The molecule has 0 bridgehead atoms. The van der Waals surface area contributed by atoms with Crippen LogP contribution in [0.15, 0.2) is 27.8 Å². The van der Waals surface area contributed by atoms with Crippen molar-refractivity contribution in [3.05, 3.63) is 24.2 Å². The Morgan fingerprint density at radius 3 is 2.57 bits per heavy atom. The van der Waals surface area contributed by atoms with Gasteiger partial charge in [0.15, 0.2) is 5.96 Å². The number of ether oxygens (including phenoxy) is 1. The summed E-state index contributed by atoms with van der Waals surface area (Å²) < 4.78 is 11.5. The zero-order valence-electron chi connectivity index (χ0n) is 18.8. The SMILES string of the molecule is CCNC(=NCC(c1ccco1)N1CCCC1)NCCCN1CC(C)OC(C)C1.I.